The summed E-state index contributed by atoms with van der Waals surface area (Å²) in [6, 6.07) is 8.25. The fourth-order valence-electron chi connectivity index (χ4n) is 3.42. The van der Waals surface area contributed by atoms with Crippen molar-refractivity contribution in [2.75, 3.05) is 20.1 Å². The summed E-state index contributed by atoms with van der Waals surface area (Å²) in [7, 11) is 2.12. The van der Waals surface area contributed by atoms with Crippen molar-refractivity contribution in [2.45, 2.75) is 32.5 Å². The minimum atomic E-state index is 0.743. The van der Waals surface area contributed by atoms with E-state index in [0.717, 1.165) is 36.7 Å². The van der Waals surface area contributed by atoms with Gasteiger partial charge in [-0.15, -0.1) is 11.3 Å². The van der Waals surface area contributed by atoms with Crippen molar-refractivity contribution < 1.29 is 4.52 Å². The van der Waals surface area contributed by atoms with Crippen molar-refractivity contribution in [3.63, 3.8) is 0 Å². The molecular formula is C20H24N4OS. The van der Waals surface area contributed by atoms with Crippen molar-refractivity contribution in [2.24, 2.45) is 0 Å². The average Bonchev–Trinajstić information content (AvgIpc) is 3.39. The second-order valence-corrected chi connectivity index (χ2v) is 7.99. The third kappa shape index (κ3) is 4.38. The summed E-state index contributed by atoms with van der Waals surface area (Å²) >= 11 is 1.85. The first-order chi connectivity index (χ1) is 12.8. The predicted octanol–water partition coefficient (Wildman–Crippen LogP) is 4.03. The Kier molecular flexibility index (Phi) is 5.43. The van der Waals surface area contributed by atoms with Crippen LogP contribution in [0.2, 0.25) is 0 Å². The van der Waals surface area contributed by atoms with Gasteiger partial charge in [-0.3, -0.25) is 14.8 Å². The van der Waals surface area contributed by atoms with Gasteiger partial charge in [-0.2, -0.15) is 0 Å². The number of hydrogen-bond donors (Lipinski definition) is 0. The summed E-state index contributed by atoms with van der Waals surface area (Å²) < 4.78 is 5.50. The first-order valence-electron chi connectivity index (χ1n) is 9.09. The van der Waals surface area contributed by atoms with Crippen LogP contribution in [0, 0.1) is 0 Å². The number of aromatic nitrogens is 2. The molecule has 26 heavy (non-hydrogen) atoms. The van der Waals surface area contributed by atoms with Crippen LogP contribution in [0.4, 0.5) is 0 Å². The highest BCUT2D eigenvalue weighted by molar-refractivity contribution is 7.10. The Bertz CT molecular complexity index is 823. The van der Waals surface area contributed by atoms with Crippen LogP contribution < -0.4 is 0 Å². The SMILES string of the molecule is CN(Cc1cc(-c2cccnc2)no1)Cc1cc(CN2CCCC2)cs1. The number of thiophene rings is 1. The number of rotatable bonds is 7. The fourth-order valence-corrected chi connectivity index (χ4v) is 4.38. The van der Waals surface area contributed by atoms with Crippen LogP contribution in [-0.4, -0.2) is 40.1 Å². The Labute approximate surface area is 158 Å². The van der Waals surface area contributed by atoms with E-state index in [1.165, 1.54) is 36.4 Å². The normalized spacial score (nSPS) is 15.2. The molecule has 0 amide bonds. The van der Waals surface area contributed by atoms with E-state index in [1.54, 1.807) is 12.4 Å². The Balaban J connectivity index is 1.32. The molecule has 0 spiro atoms. The minimum Gasteiger partial charge on any atom is -0.359 e. The number of nitrogens with zero attached hydrogens (tertiary/aromatic N) is 4. The van der Waals surface area contributed by atoms with Gasteiger partial charge in [-0.05, 0) is 62.1 Å². The van der Waals surface area contributed by atoms with Gasteiger partial charge in [-0.25, -0.2) is 0 Å². The Morgan fingerprint density at radius 3 is 2.92 bits per heavy atom. The highest BCUT2D eigenvalue weighted by Gasteiger charge is 2.14. The smallest absolute Gasteiger partial charge is 0.151 e. The van der Waals surface area contributed by atoms with E-state index < -0.39 is 0 Å². The lowest BCUT2D eigenvalue weighted by atomic mass is 10.2. The number of likely N-dealkylation sites (tertiary alicyclic amines) is 1. The first-order valence-corrected chi connectivity index (χ1v) is 9.97. The molecule has 6 heteroatoms. The van der Waals surface area contributed by atoms with Gasteiger partial charge in [-0.1, -0.05) is 5.16 Å². The summed E-state index contributed by atoms with van der Waals surface area (Å²) in [6.45, 7) is 5.25. The van der Waals surface area contributed by atoms with Gasteiger partial charge in [0.2, 0.25) is 0 Å². The average molecular weight is 369 g/mol. The molecule has 1 fully saturated rings. The molecule has 1 saturated heterocycles. The lowest BCUT2D eigenvalue weighted by molar-refractivity contribution is 0.268. The predicted molar refractivity (Wildman–Crippen MR) is 104 cm³/mol. The van der Waals surface area contributed by atoms with E-state index in [-0.39, 0.29) is 0 Å². The maximum absolute atomic E-state index is 5.50. The zero-order valence-electron chi connectivity index (χ0n) is 15.1. The molecule has 5 nitrogen and oxygen atoms in total. The van der Waals surface area contributed by atoms with E-state index in [1.807, 2.05) is 29.5 Å². The quantitative estimate of drug-likeness (QED) is 0.630. The maximum Gasteiger partial charge on any atom is 0.151 e. The summed E-state index contributed by atoms with van der Waals surface area (Å²) in [5, 5.41) is 6.47. The van der Waals surface area contributed by atoms with Crippen molar-refractivity contribution >= 4 is 11.3 Å². The van der Waals surface area contributed by atoms with Gasteiger partial charge in [0.1, 0.15) is 5.69 Å². The van der Waals surface area contributed by atoms with E-state index >= 15 is 0 Å². The number of hydrogen-bond acceptors (Lipinski definition) is 6. The zero-order chi connectivity index (χ0) is 17.8. The Hall–Kier alpha value is -2.02. The summed E-state index contributed by atoms with van der Waals surface area (Å²) in [4.78, 5) is 10.3. The van der Waals surface area contributed by atoms with E-state index in [2.05, 4.69) is 38.4 Å². The number of pyridine rings is 1. The largest absolute Gasteiger partial charge is 0.359 e. The summed E-state index contributed by atoms with van der Waals surface area (Å²) in [5.74, 6) is 0.875. The second kappa shape index (κ2) is 8.12. The van der Waals surface area contributed by atoms with Gasteiger partial charge >= 0.3 is 0 Å². The third-order valence-corrected chi connectivity index (χ3v) is 5.65. The highest BCUT2D eigenvalue weighted by atomic mass is 32.1. The molecule has 0 aromatic carbocycles. The zero-order valence-corrected chi connectivity index (χ0v) is 15.9. The van der Waals surface area contributed by atoms with Crippen molar-refractivity contribution in [1.82, 2.24) is 19.9 Å². The van der Waals surface area contributed by atoms with Gasteiger partial charge in [0, 0.05) is 42.0 Å². The molecule has 0 bridgehead atoms. The first kappa shape index (κ1) is 17.4. The molecule has 0 unspecified atom stereocenters. The summed E-state index contributed by atoms with van der Waals surface area (Å²) in [6.07, 6.45) is 6.26. The van der Waals surface area contributed by atoms with Gasteiger partial charge < -0.3 is 4.52 Å². The summed E-state index contributed by atoms with van der Waals surface area (Å²) in [5.41, 5.74) is 3.26. The van der Waals surface area contributed by atoms with Gasteiger partial charge in [0.25, 0.3) is 0 Å². The highest BCUT2D eigenvalue weighted by Crippen LogP contribution is 2.22. The van der Waals surface area contributed by atoms with Crippen molar-refractivity contribution in [3.8, 4) is 11.3 Å². The Morgan fingerprint density at radius 1 is 1.23 bits per heavy atom. The molecule has 0 N–H and O–H groups in total. The van der Waals surface area contributed by atoms with Crippen LogP contribution in [0.1, 0.15) is 29.0 Å². The fraction of sp³-hybridized carbons (Fsp3) is 0.400. The van der Waals surface area contributed by atoms with Crippen LogP contribution in [0.25, 0.3) is 11.3 Å². The lowest BCUT2D eigenvalue weighted by Gasteiger charge is -2.14. The molecule has 4 heterocycles. The van der Waals surface area contributed by atoms with Crippen LogP contribution in [0.15, 0.2) is 46.6 Å². The van der Waals surface area contributed by atoms with E-state index in [0.29, 0.717) is 0 Å². The van der Waals surface area contributed by atoms with Crippen molar-refractivity contribution in [3.05, 3.63) is 58.2 Å². The topological polar surface area (TPSA) is 45.4 Å². The molecule has 0 atom stereocenters. The Morgan fingerprint density at radius 2 is 2.12 bits per heavy atom. The van der Waals surface area contributed by atoms with Crippen LogP contribution in [-0.2, 0) is 19.6 Å². The molecule has 0 radical (unpaired) electrons. The molecular weight excluding hydrogens is 344 g/mol. The van der Waals surface area contributed by atoms with E-state index in [9.17, 15) is 0 Å². The van der Waals surface area contributed by atoms with Crippen LogP contribution in [0.3, 0.4) is 0 Å². The monoisotopic (exact) mass is 368 g/mol. The van der Waals surface area contributed by atoms with Crippen LogP contribution in [0.5, 0.6) is 0 Å². The van der Waals surface area contributed by atoms with Crippen LogP contribution >= 0.6 is 11.3 Å². The molecule has 4 rings (SSSR count). The molecule has 3 aromatic rings. The standard InChI is InChI=1S/C20H24N4OS/c1-23(13-18-10-20(22-25-18)17-5-4-6-21-11-17)14-19-9-16(15-26-19)12-24-7-2-3-8-24/h4-6,9-11,15H,2-3,7-8,12-14H2,1H3. The van der Waals surface area contributed by atoms with Gasteiger partial charge in [0.05, 0.1) is 6.54 Å². The molecule has 0 saturated carbocycles. The second-order valence-electron chi connectivity index (χ2n) is 7.00. The molecule has 136 valence electrons. The minimum absolute atomic E-state index is 0.743. The molecule has 0 aliphatic carbocycles. The third-order valence-electron chi connectivity index (χ3n) is 4.68. The van der Waals surface area contributed by atoms with Crippen molar-refractivity contribution in [1.29, 1.82) is 0 Å². The van der Waals surface area contributed by atoms with E-state index in [4.69, 9.17) is 4.52 Å². The molecule has 1 aliphatic heterocycles. The lowest BCUT2D eigenvalue weighted by Crippen LogP contribution is -2.18. The van der Waals surface area contributed by atoms with Gasteiger partial charge in [0.15, 0.2) is 5.76 Å². The molecule has 3 aromatic heterocycles. The molecule has 1 aliphatic rings. The maximum atomic E-state index is 5.50.